The van der Waals surface area contributed by atoms with Crippen LogP contribution in [0.1, 0.15) is 19.8 Å². The van der Waals surface area contributed by atoms with Crippen LogP contribution in [0.5, 0.6) is 0 Å². The lowest BCUT2D eigenvalue weighted by molar-refractivity contribution is -0.125. The molecule has 3 aromatic rings. The van der Waals surface area contributed by atoms with E-state index in [0.717, 1.165) is 19.4 Å². The van der Waals surface area contributed by atoms with Crippen LogP contribution < -0.4 is 21.1 Å². The molecule has 11 heteroatoms. The zero-order valence-corrected chi connectivity index (χ0v) is 18.3. The molecule has 4 rings (SSSR count). The number of fused-ring (bicyclic) bond motifs is 1. The third-order valence-corrected chi connectivity index (χ3v) is 6.30. The van der Waals surface area contributed by atoms with Gasteiger partial charge in [-0.15, -0.1) is 0 Å². The molecule has 3 heterocycles. The van der Waals surface area contributed by atoms with Crippen molar-refractivity contribution >= 4 is 44.3 Å². The second-order valence-corrected chi connectivity index (χ2v) is 8.54. The summed E-state index contributed by atoms with van der Waals surface area (Å²) in [7, 11) is 0. The normalized spacial score (nSPS) is 16.2. The number of carbonyl (C=O) groups is 2. The van der Waals surface area contributed by atoms with Crippen molar-refractivity contribution in [3.63, 3.8) is 0 Å². The first-order valence-electron chi connectivity index (χ1n) is 10.4. The van der Waals surface area contributed by atoms with Gasteiger partial charge in [0.25, 0.3) is 5.56 Å². The number of nitrogens with zero attached hydrogens (tertiary/aromatic N) is 4. The van der Waals surface area contributed by atoms with E-state index in [1.807, 2.05) is 11.8 Å². The highest BCUT2D eigenvalue weighted by Gasteiger charge is 2.27. The molecule has 0 saturated carbocycles. The van der Waals surface area contributed by atoms with Crippen LogP contribution in [0, 0.1) is 11.7 Å². The van der Waals surface area contributed by atoms with Crippen LogP contribution in [-0.2, 0) is 16.1 Å². The predicted octanol–water partition coefficient (Wildman–Crippen LogP) is 1.98. The molecule has 0 spiro atoms. The maximum Gasteiger partial charge on any atom is 0.273 e. The number of nitrogens with one attached hydrogen (secondary N) is 2. The summed E-state index contributed by atoms with van der Waals surface area (Å²) < 4.78 is 14.8. The molecule has 1 aromatic carbocycles. The first kappa shape index (κ1) is 21.9. The Morgan fingerprint density at radius 3 is 2.97 bits per heavy atom. The number of hydrogen-bond acceptors (Lipinski definition) is 7. The summed E-state index contributed by atoms with van der Waals surface area (Å²) >= 11 is 1.21. The Labute approximate surface area is 187 Å². The topological polar surface area (TPSA) is 109 Å². The standard InChI is InChI=1S/C21H23FN6O3S/c1-2-23-19(30)13-5-4-8-27(10-13)21-26-18-17(32-21)20(31)28(12-24-18)11-16(29)25-15-7-3-6-14(22)9-15/h3,6-7,9,12-13H,2,4-5,8,10-11H2,1H3,(H,23,30)(H,25,29)/t13-/m0/s1. The molecule has 0 bridgehead atoms. The van der Waals surface area contributed by atoms with E-state index in [9.17, 15) is 18.8 Å². The molecule has 1 saturated heterocycles. The fourth-order valence-electron chi connectivity index (χ4n) is 3.69. The van der Waals surface area contributed by atoms with Crippen LogP contribution in [0.2, 0.25) is 0 Å². The van der Waals surface area contributed by atoms with E-state index < -0.39 is 11.7 Å². The van der Waals surface area contributed by atoms with Gasteiger partial charge < -0.3 is 15.5 Å². The molecule has 0 radical (unpaired) electrons. The maximum atomic E-state index is 13.3. The molecule has 1 fully saturated rings. The van der Waals surface area contributed by atoms with Gasteiger partial charge in [-0.25, -0.2) is 9.37 Å². The Morgan fingerprint density at radius 2 is 2.19 bits per heavy atom. The Balaban J connectivity index is 1.50. The summed E-state index contributed by atoms with van der Waals surface area (Å²) in [5.74, 6) is -1.02. The number of hydrogen-bond donors (Lipinski definition) is 2. The smallest absolute Gasteiger partial charge is 0.273 e. The Bertz CT molecular complexity index is 1210. The third kappa shape index (κ3) is 4.77. The lowest BCUT2D eigenvalue weighted by Crippen LogP contribution is -2.43. The summed E-state index contributed by atoms with van der Waals surface area (Å²) in [4.78, 5) is 48.1. The van der Waals surface area contributed by atoms with Crippen LogP contribution in [0.15, 0.2) is 35.4 Å². The highest BCUT2D eigenvalue weighted by atomic mass is 32.1. The third-order valence-electron chi connectivity index (χ3n) is 5.21. The molecule has 2 amide bonds. The number of carbonyl (C=O) groups excluding carboxylic acids is 2. The van der Waals surface area contributed by atoms with Crippen molar-refractivity contribution in [2.75, 3.05) is 29.9 Å². The van der Waals surface area contributed by atoms with Crippen molar-refractivity contribution in [3.05, 3.63) is 46.8 Å². The summed E-state index contributed by atoms with van der Waals surface area (Å²) in [6.07, 6.45) is 2.96. The molecule has 1 aliphatic rings. The molecule has 32 heavy (non-hydrogen) atoms. The van der Waals surface area contributed by atoms with E-state index in [1.54, 1.807) is 6.07 Å². The number of rotatable bonds is 6. The number of benzene rings is 1. The second kappa shape index (κ2) is 9.43. The molecule has 2 N–H and O–H groups in total. The van der Waals surface area contributed by atoms with Crippen LogP contribution in [-0.4, -0.2) is 46.0 Å². The average Bonchev–Trinajstić information content (AvgIpc) is 3.21. The van der Waals surface area contributed by atoms with Gasteiger partial charge in [0, 0.05) is 25.3 Å². The maximum absolute atomic E-state index is 13.3. The van der Waals surface area contributed by atoms with Gasteiger partial charge in [-0.3, -0.25) is 19.0 Å². The first-order valence-corrected chi connectivity index (χ1v) is 11.2. The minimum absolute atomic E-state index is 0.0306. The van der Waals surface area contributed by atoms with Gasteiger partial charge in [0.15, 0.2) is 10.8 Å². The molecule has 1 atom stereocenters. The van der Waals surface area contributed by atoms with Crippen molar-refractivity contribution < 1.29 is 14.0 Å². The number of piperidine rings is 1. The van der Waals surface area contributed by atoms with E-state index >= 15 is 0 Å². The summed E-state index contributed by atoms with van der Waals surface area (Å²) in [6, 6.07) is 5.53. The van der Waals surface area contributed by atoms with E-state index in [2.05, 4.69) is 20.6 Å². The highest BCUT2D eigenvalue weighted by Crippen LogP contribution is 2.29. The van der Waals surface area contributed by atoms with Gasteiger partial charge >= 0.3 is 0 Å². The van der Waals surface area contributed by atoms with Crippen LogP contribution >= 0.6 is 11.3 Å². The molecular weight excluding hydrogens is 435 g/mol. The number of thiazole rings is 1. The zero-order valence-electron chi connectivity index (χ0n) is 17.5. The molecular formula is C21H23FN6O3S. The van der Waals surface area contributed by atoms with Gasteiger partial charge in [-0.05, 0) is 38.0 Å². The summed E-state index contributed by atoms with van der Waals surface area (Å²) in [5.41, 5.74) is 0.256. The number of amides is 2. The quantitative estimate of drug-likeness (QED) is 0.585. The Hall–Kier alpha value is -3.34. The van der Waals surface area contributed by atoms with Crippen molar-refractivity contribution in [2.24, 2.45) is 5.92 Å². The number of anilines is 2. The first-order chi connectivity index (χ1) is 15.4. The SMILES string of the molecule is CCNC(=O)[C@H]1CCCN(c2nc3ncn(CC(=O)Nc4cccc(F)c4)c(=O)c3s2)C1. The fraction of sp³-hybridized carbons (Fsp3) is 0.381. The van der Waals surface area contributed by atoms with E-state index in [1.165, 1.54) is 40.4 Å². The van der Waals surface area contributed by atoms with Gasteiger partial charge in [0.05, 0.1) is 5.92 Å². The number of aromatic nitrogens is 3. The lowest BCUT2D eigenvalue weighted by Gasteiger charge is -2.31. The largest absolute Gasteiger partial charge is 0.356 e. The summed E-state index contributed by atoms with van der Waals surface area (Å²) in [6.45, 7) is 3.51. The minimum atomic E-state index is -0.468. The van der Waals surface area contributed by atoms with Crippen molar-refractivity contribution in [2.45, 2.75) is 26.3 Å². The van der Waals surface area contributed by atoms with Crippen LogP contribution in [0.4, 0.5) is 15.2 Å². The molecule has 1 aliphatic heterocycles. The lowest BCUT2D eigenvalue weighted by atomic mass is 9.97. The van der Waals surface area contributed by atoms with Gasteiger partial charge in [0.2, 0.25) is 11.8 Å². The van der Waals surface area contributed by atoms with Gasteiger partial charge in [0.1, 0.15) is 23.4 Å². The van der Waals surface area contributed by atoms with E-state index in [4.69, 9.17) is 0 Å². The van der Waals surface area contributed by atoms with Crippen LogP contribution in [0.3, 0.4) is 0 Å². The van der Waals surface area contributed by atoms with Gasteiger partial charge in [-0.2, -0.15) is 4.98 Å². The van der Waals surface area contributed by atoms with Crippen molar-refractivity contribution in [1.82, 2.24) is 19.9 Å². The Kier molecular flexibility index (Phi) is 6.45. The average molecular weight is 459 g/mol. The van der Waals surface area contributed by atoms with E-state index in [0.29, 0.717) is 34.3 Å². The monoisotopic (exact) mass is 458 g/mol. The van der Waals surface area contributed by atoms with Crippen molar-refractivity contribution in [3.8, 4) is 0 Å². The molecule has 2 aromatic heterocycles. The molecule has 0 unspecified atom stereocenters. The second-order valence-electron chi connectivity index (χ2n) is 7.57. The van der Waals surface area contributed by atoms with Crippen molar-refractivity contribution in [1.29, 1.82) is 0 Å². The van der Waals surface area contributed by atoms with E-state index in [-0.39, 0.29) is 23.9 Å². The molecule has 9 nitrogen and oxygen atoms in total. The minimum Gasteiger partial charge on any atom is -0.356 e. The van der Waals surface area contributed by atoms with Gasteiger partial charge in [-0.1, -0.05) is 17.4 Å². The predicted molar refractivity (Wildman–Crippen MR) is 120 cm³/mol. The Morgan fingerprint density at radius 1 is 1.34 bits per heavy atom. The fourth-order valence-corrected chi connectivity index (χ4v) is 4.69. The number of halogens is 1. The zero-order chi connectivity index (χ0) is 22.7. The molecule has 168 valence electrons. The van der Waals surface area contributed by atoms with Crippen LogP contribution in [0.25, 0.3) is 10.3 Å². The molecule has 0 aliphatic carbocycles. The summed E-state index contributed by atoms with van der Waals surface area (Å²) in [5, 5.41) is 6.07. The highest BCUT2D eigenvalue weighted by molar-refractivity contribution is 7.22.